The number of nitro benzene ring substituents is 1. The van der Waals surface area contributed by atoms with Gasteiger partial charge < -0.3 is 20.7 Å². The number of primary amides is 1. The summed E-state index contributed by atoms with van der Waals surface area (Å²) in [6, 6.07) is 9.77. The molecular weight excluding hydrogens is 380 g/mol. The van der Waals surface area contributed by atoms with Crippen molar-refractivity contribution >= 4 is 34.8 Å². The molecule has 0 unspecified atom stereocenters. The van der Waals surface area contributed by atoms with Crippen LogP contribution in [0.4, 0.5) is 17.1 Å². The number of hydrogen-bond acceptors (Lipinski definition) is 7. The molecule has 0 saturated carbocycles. The van der Waals surface area contributed by atoms with Gasteiger partial charge in [-0.2, -0.15) is 0 Å². The minimum absolute atomic E-state index is 0.0484. The normalized spacial score (nSPS) is 11.3. The number of carbonyl (C=O) groups excluding carboxylic acids is 3. The van der Waals surface area contributed by atoms with Crippen LogP contribution in [-0.4, -0.2) is 42.9 Å². The predicted molar refractivity (Wildman–Crippen MR) is 106 cm³/mol. The zero-order valence-corrected chi connectivity index (χ0v) is 16.0. The van der Waals surface area contributed by atoms with Crippen molar-refractivity contribution in [1.82, 2.24) is 0 Å². The summed E-state index contributed by atoms with van der Waals surface area (Å²) in [6.07, 6.45) is -1.16. The monoisotopic (exact) mass is 400 g/mol. The molecule has 0 spiro atoms. The Balaban J connectivity index is 2.07. The average molecular weight is 400 g/mol. The van der Waals surface area contributed by atoms with Crippen molar-refractivity contribution < 1.29 is 24.0 Å². The van der Waals surface area contributed by atoms with Gasteiger partial charge in [0.05, 0.1) is 10.5 Å². The van der Waals surface area contributed by atoms with E-state index in [4.69, 9.17) is 10.5 Å². The van der Waals surface area contributed by atoms with Gasteiger partial charge in [0.25, 0.3) is 11.6 Å². The van der Waals surface area contributed by atoms with Gasteiger partial charge in [0.1, 0.15) is 5.69 Å². The van der Waals surface area contributed by atoms with E-state index in [1.54, 1.807) is 19.0 Å². The van der Waals surface area contributed by atoms with E-state index in [0.717, 1.165) is 6.07 Å². The van der Waals surface area contributed by atoms with Gasteiger partial charge in [-0.1, -0.05) is 0 Å². The Morgan fingerprint density at radius 3 is 2.21 bits per heavy atom. The second-order valence-electron chi connectivity index (χ2n) is 6.33. The van der Waals surface area contributed by atoms with E-state index >= 15 is 0 Å². The molecule has 0 bridgehead atoms. The quantitative estimate of drug-likeness (QED) is 0.410. The molecule has 10 nitrogen and oxygen atoms in total. The van der Waals surface area contributed by atoms with Gasteiger partial charge >= 0.3 is 5.97 Å². The minimum Gasteiger partial charge on any atom is -0.449 e. The van der Waals surface area contributed by atoms with Crippen LogP contribution in [0, 0.1) is 10.1 Å². The van der Waals surface area contributed by atoms with E-state index in [1.165, 1.54) is 43.3 Å². The summed E-state index contributed by atoms with van der Waals surface area (Å²) in [5.74, 6) is -2.07. The number of nitrogens with one attached hydrogen (secondary N) is 1. The van der Waals surface area contributed by atoms with Crippen molar-refractivity contribution in [3.05, 3.63) is 63.7 Å². The van der Waals surface area contributed by atoms with Crippen LogP contribution < -0.4 is 16.0 Å². The number of amides is 2. The van der Waals surface area contributed by atoms with Crippen LogP contribution >= 0.6 is 0 Å². The van der Waals surface area contributed by atoms with E-state index in [0.29, 0.717) is 11.4 Å². The van der Waals surface area contributed by atoms with Gasteiger partial charge in [-0.15, -0.1) is 0 Å². The van der Waals surface area contributed by atoms with Crippen LogP contribution in [0.5, 0.6) is 0 Å². The highest BCUT2D eigenvalue weighted by Crippen LogP contribution is 2.28. The summed E-state index contributed by atoms with van der Waals surface area (Å²) in [5.41, 5.74) is 5.84. The smallest absolute Gasteiger partial charge is 0.339 e. The molecule has 0 aliphatic heterocycles. The van der Waals surface area contributed by atoms with E-state index in [9.17, 15) is 24.5 Å². The molecule has 29 heavy (non-hydrogen) atoms. The van der Waals surface area contributed by atoms with Crippen molar-refractivity contribution in [1.29, 1.82) is 0 Å². The number of ether oxygens (including phenoxy) is 1. The van der Waals surface area contributed by atoms with Gasteiger partial charge in [-0.05, 0) is 43.3 Å². The Hall–Kier alpha value is -3.95. The van der Waals surface area contributed by atoms with Crippen LogP contribution in [-0.2, 0) is 9.53 Å². The topological polar surface area (TPSA) is 145 Å². The first-order valence-electron chi connectivity index (χ1n) is 8.47. The third-order valence-corrected chi connectivity index (χ3v) is 3.98. The van der Waals surface area contributed by atoms with E-state index in [1.807, 2.05) is 0 Å². The summed E-state index contributed by atoms with van der Waals surface area (Å²) in [5, 5.41) is 13.8. The number of rotatable bonds is 7. The molecule has 2 amide bonds. The number of anilines is 2. The van der Waals surface area contributed by atoms with Crippen molar-refractivity contribution in [3.63, 3.8) is 0 Å². The molecule has 0 aliphatic carbocycles. The second-order valence-corrected chi connectivity index (χ2v) is 6.33. The third-order valence-electron chi connectivity index (χ3n) is 3.98. The molecule has 0 heterocycles. The highest BCUT2D eigenvalue weighted by molar-refractivity contribution is 5.98. The van der Waals surface area contributed by atoms with Gasteiger partial charge in [-0.3, -0.25) is 19.7 Å². The number of carbonyl (C=O) groups is 3. The van der Waals surface area contributed by atoms with Crippen molar-refractivity contribution in [2.75, 3.05) is 24.3 Å². The third kappa shape index (κ3) is 5.28. The minimum atomic E-state index is -1.16. The Labute approximate surface area is 166 Å². The molecule has 2 aromatic carbocycles. The number of nitrogens with two attached hydrogens (primary N) is 1. The van der Waals surface area contributed by atoms with Crippen molar-refractivity contribution in [2.24, 2.45) is 5.73 Å². The van der Waals surface area contributed by atoms with Gasteiger partial charge in [0.2, 0.25) is 5.91 Å². The number of hydrogen-bond donors (Lipinski definition) is 2. The number of benzene rings is 2. The van der Waals surface area contributed by atoms with Crippen LogP contribution in [0.25, 0.3) is 0 Å². The molecule has 2 rings (SSSR count). The molecule has 0 aromatic heterocycles. The van der Waals surface area contributed by atoms with Gasteiger partial charge in [0.15, 0.2) is 6.10 Å². The Morgan fingerprint density at radius 1 is 1.10 bits per heavy atom. The second kappa shape index (κ2) is 8.83. The lowest BCUT2D eigenvalue weighted by Gasteiger charge is -2.15. The molecule has 0 fully saturated rings. The molecule has 2 aromatic rings. The van der Waals surface area contributed by atoms with Crippen molar-refractivity contribution in [2.45, 2.75) is 13.0 Å². The number of esters is 1. The molecule has 0 saturated heterocycles. The SMILES string of the molecule is C[C@H](OC(=O)c1ccc(N(C)C)c([N+](=O)[O-])c1)C(=O)Nc1ccc(C(N)=O)cc1. The fourth-order valence-corrected chi connectivity index (χ4v) is 2.42. The maximum Gasteiger partial charge on any atom is 0.339 e. The molecule has 0 aliphatic rings. The van der Waals surface area contributed by atoms with E-state index < -0.39 is 28.8 Å². The first-order valence-corrected chi connectivity index (χ1v) is 8.47. The molecule has 1 atom stereocenters. The van der Waals surface area contributed by atoms with Crippen LogP contribution in [0.1, 0.15) is 27.6 Å². The number of nitrogens with zero attached hydrogens (tertiary/aromatic N) is 2. The van der Waals surface area contributed by atoms with Crippen LogP contribution in [0.2, 0.25) is 0 Å². The highest BCUT2D eigenvalue weighted by Gasteiger charge is 2.23. The molecule has 3 N–H and O–H groups in total. The highest BCUT2D eigenvalue weighted by atomic mass is 16.6. The maximum atomic E-state index is 12.3. The first-order chi connectivity index (χ1) is 13.6. The Morgan fingerprint density at radius 2 is 1.69 bits per heavy atom. The summed E-state index contributed by atoms with van der Waals surface area (Å²) in [7, 11) is 3.28. The first kappa shape index (κ1) is 21.4. The summed E-state index contributed by atoms with van der Waals surface area (Å²) >= 11 is 0. The molecule has 10 heteroatoms. The fourth-order valence-electron chi connectivity index (χ4n) is 2.42. The lowest BCUT2D eigenvalue weighted by atomic mass is 10.1. The zero-order valence-electron chi connectivity index (χ0n) is 16.0. The van der Waals surface area contributed by atoms with Crippen molar-refractivity contribution in [3.8, 4) is 0 Å². The number of nitro groups is 1. The molecular formula is C19H20N4O6. The summed E-state index contributed by atoms with van der Waals surface area (Å²) in [6.45, 7) is 1.37. The van der Waals surface area contributed by atoms with Crippen LogP contribution in [0.3, 0.4) is 0 Å². The van der Waals surface area contributed by atoms with Gasteiger partial charge in [0, 0.05) is 31.4 Å². The van der Waals surface area contributed by atoms with E-state index in [2.05, 4.69) is 5.32 Å². The van der Waals surface area contributed by atoms with E-state index in [-0.39, 0.29) is 16.8 Å². The van der Waals surface area contributed by atoms with Crippen LogP contribution in [0.15, 0.2) is 42.5 Å². The largest absolute Gasteiger partial charge is 0.449 e. The lowest BCUT2D eigenvalue weighted by molar-refractivity contribution is -0.384. The molecule has 0 radical (unpaired) electrons. The van der Waals surface area contributed by atoms with Gasteiger partial charge in [-0.25, -0.2) is 4.79 Å². The standard InChI is InChI=1S/C19H20N4O6/c1-11(18(25)21-14-7-4-12(5-8-14)17(20)24)29-19(26)13-6-9-15(22(2)3)16(10-13)23(27)28/h4-11H,1-3H3,(H2,20,24)(H,21,25)/t11-/m0/s1. The predicted octanol–water partition coefficient (Wildman–Crippen LogP) is 1.94. The molecule has 152 valence electrons. The lowest BCUT2D eigenvalue weighted by Crippen LogP contribution is -2.30. The summed E-state index contributed by atoms with van der Waals surface area (Å²) in [4.78, 5) is 47.8. The average Bonchev–Trinajstić information content (AvgIpc) is 2.67. The maximum absolute atomic E-state index is 12.3. The summed E-state index contributed by atoms with van der Waals surface area (Å²) < 4.78 is 5.11. The Bertz CT molecular complexity index is 956. The zero-order chi connectivity index (χ0) is 21.7. The fraction of sp³-hybridized carbons (Fsp3) is 0.211. The Kier molecular flexibility index (Phi) is 6.50.